The van der Waals surface area contributed by atoms with Crippen LogP contribution >= 0.6 is 23.8 Å². The molecule has 0 aromatic heterocycles. The average Bonchev–Trinajstić information content (AvgIpc) is 2.91. The maximum absolute atomic E-state index is 12.2. The smallest absolute Gasteiger partial charge is 0.263 e. The monoisotopic (exact) mass is 566 g/mol. The summed E-state index contributed by atoms with van der Waals surface area (Å²) >= 11 is 11.4. The second-order valence-corrected chi connectivity index (χ2v) is 9.15. The van der Waals surface area contributed by atoms with Crippen molar-refractivity contribution in [2.45, 2.75) is 27.1 Å². The number of nitrogens with one attached hydrogen (secondary N) is 2. The Kier molecular flexibility index (Phi) is 9.40. The lowest BCUT2D eigenvalue weighted by molar-refractivity contribution is -0.123. The van der Waals surface area contributed by atoms with E-state index in [1.165, 1.54) is 6.08 Å². The van der Waals surface area contributed by atoms with Gasteiger partial charge in [0.15, 0.2) is 28.1 Å². The molecule has 0 saturated carbocycles. The number of carbonyl (C=O) groups excluding carboxylic acids is 2. The number of benzene rings is 3. The summed E-state index contributed by atoms with van der Waals surface area (Å²) in [7, 11) is 0. The fraction of sp³-hybridized carbons (Fsp3) is 0.207. The fourth-order valence-electron chi connectivity index (χ4n) is 3.77. The van der Waals surface area contributed by atoms with Crippen molar-refractivity contribution in [2.75, 3.05) is 13.2 Å². The van der Waals surface area contributed by atoms with Crippen molar-refractivity contribution in [2.24, 2.45) is 0 Å². The molecule has 4 rings (SSSR count). The predicted octanol–water partition coefficient (Wildman–Crippen LogP) is 5.21. The molecule has 0 unspecified atom stereocenters. The summed E-state index contributed by atoms with van der Waals surface area (Å²) in [6.45, 7) is 5.16. The van der Waals surface area contributed by atoms with Crippen molar-refractivity contribution in [1.29, 1.82) is 0 Å². The van der Waals surface area contributed by atoms with E-state index < -0.39 is 11.8 Å². The second-order valence-electron chi connectivity index (χ2n) is 8.34. The quantitative estimate of drug-likeness (QED) is 0.187. The molecule has 0 atom stereocenters. The summed E-state index contributed by atoms with van der Waals surface area (Å²) in [6, 6.07) is 18.7. The van der Waals surface area contributed by atoms with Crippen molar-refractivity contribution in [3.05, 3.63) is 87.9 Å². The van der Waals surface area contributed by atoms with Crippen LogP contribution in [0.5, 0.6) is 23.0 Å². The third-order valence-corrected chi connectivity index (χ3v) is 6.00. The number of ether oxygens (including phenoxy) is 4. The third-order valence-electron chi connectivity index (χ3n) is 5.51. The maximum atomic E-state index is 12.2. The van der Waals surface area contributed by atoms with Gasteiger partial charge in [-0.2, -0.15) is 0 Å². The van der Waals surface area contributed by atoms with E-state index in [2.05, 4.69) is 10.6 Å². The molecule has 1 fully saturated rings. The minimum Gasteiger partial charge on any atom is -0.490 e. The van der Waals surface area contributed by atoms with Crippen LogP contribution < -0.4 is 29.6 Å². The minimum atomic E-state index is -0.598. The van der Waals surface area contributed by atoms with E-state index in [1.54, 1.807) is 12.1 Å². The van der Waals surface area contributed by atoms with Crippen molar-refractivity contribution >= 4 is 46.8 Å². The number of halogens is 1. The van der Waals surface area contributed by atoms with Crippen LogP contribution in [0.2, 0.25) is 5.02 Å². The lowest BCUT2D eigenvalue weighted by Crippen LogP contribution is -2.51. The lowest BCUT2D eigenvalue weighted by atomic mass is 10.1. The Labute approximate surface area is 236 Å². The van der Waals surface area contributed by atoms with Crippen molar-refractivity contribution in [3.8, 4) is 23.0 Å². The fourth-order valence-corrected chi connectivity index (χ4v) is 4.23. The average molecular weight is 567 g/mol. The summed E-state index contributed by atoms with van der Waals surface area (Å²) in [5.74, 6) is 0.750. The van der Waals surface area contributed by atoms with E-state index in [-0.39, 0.29) is 22.3 Å². The normalized spacial score (nSPS) is 12.9. The highest BCUT2D eigenvalue weighted by molar-refractivity contribution is 7.80. The molecule has 39 heavy (non-hydrogen) atoms. The molecule has 0 bridgehead atoms. The number of rotatable bonds is 11. The van der Waals surface area contributed by atoms with Crippen molar-refractivity contribution < 1.29 is 28.5 Å². The summed E-state index contributed by atoms with van der Waals surface area (Å²) < 4.78 is 23.6. The zero-order valence-corrected chi connectivity index (χ0v) is 23.0. The summed E-state index contributed by atoms with van der Waals surface area (Å²) in [5.41, 5.74) is 2.27. The molecular weight excluding hydrogens is 540 g/mol. The lowest BCUT2D eigenvalue weighted by Gasteiger charge is -2.18. The van der Waals surface area contributed by atoms with Gasteiger partial charge in [0.1, 0.15) is 18.8 Å². The molecule has 1 saturated heterocycles. The van der Waals surface area contributed by atoms with Gasteiger partial charge in [-0.05, 0) is 73.1 Å². The highest BCUT2D eigenvalue weighted by Gasteiger charge is 2.26. The SMILES string of the molecule is CCOc1cc(COc2c(Cl)cc(C=C3C(=O)NC(=S)NC3=O)cc2OCC)ccc1OCc1ccccc1. The van der Waals surface area contributed by atoms with E-state index in [0.29, 0.717) is 48.4 Å². The second kappa shape index (κ2) is 13.1. The Morgan fingerprint density at radius 2 is 1.44 bits per heavy atom. The molecule has 3 aromatic carbocycles. The van der Waals surface area contributed by atoms with Crippen LogP contribution in [-0.4, -0.2) is 30.1 Å². The van der Waals surface area contributed by atoms with Gasteiger partial charge in [0.25, 0.3) is 11.8 Å². The Hall–Kier alpha value is -4.08. The molecule has 2 N–H and O–H groups in total. The Balaban J connectivity index is 1.52. The van der Waals surface area contributed by atoms with Gasteiger partial charge in [-0.3, -0.25) is 20.2 Å². The Morgan fingerprint density at radius 1 is 0.769 bits per heavy atom. The summed E-state index contributed by atoms with van der Waals surface area (Å²) in [4.78, 5) is 24.4. The maximum Gasteiger partial charge on any atom is 0.263 e. The molecular formula is C29H27ClN2O6S. The van der Waals surface area contributed by atoms with Gasteiger partial charge in [0.2, 0.25) is 0 Å². The highest BCUT2D eigenvalue weighted by Crippen LogP contribution is 2.38. The van der Waals surface area contributed by atoms with E-state index in [4.69, 9.17) is 42.8 Å². The number of hydrogen-bond donors (Lipinski definition) is 2. The van der Waals surface area contributed by atoms with Gasteiger partial charge in [-0.25, -0.2) is 0 Å². The number of amides is 2. The Bertz CT molecular complexity index is 1390. The molecule has 0 spiro atoms. The predicted molar refractivity (Wildman–Crippen MR) is 152 cm³/mol. The Morgan fingerprint density at radius 3 is 2.13 bits per heavy atom. The minimum absolute atomic E-state index is 0.0396. The number of thiocarbonyl (C=S) groups is 1. The first kappa shape index (κ1) is 27.9. The molecule has 10 heteroatoms. The van der Waals surface area contributed by atoms with Crippen LogP contribution in [0.15, 0.2) is 66.2 Å². The molecule has 8 nitrogen and oxygen atoms in total. The van der Waals surface area contributed by atoms with E-state index in [1.807, 2.05) is 62.4 Å². The van der Waals surface area contributed by atoms with E-state index in [0.717, 1.165) is 11.1 Å². The van der Waals surface area contributed by atoms with Crippen LogP contribution in [-0.2, 0) is 22.8 Å². The molecule has 0 aliphatic carbocycles. The van der Waals surface area contributed by atoms with Gasteiger partial charge < -0.3 is 18.9 Å². The third kappa shape index (κ3) is 7.28. The molecule has 1 aliphatic rings. The van der Waals surface area contributed by atoms with Crippen LogP contribution in [0.3, 0.4) is 0 Å². The van der Waals surface area contributed by atoms with E-state index in [9.17, 15) is 9.59 Å². The van der Waals surface area contributed by atoms with Gasteiger partial charge in [-0.15, -0.1) is 0 Å². The highest BCUT2D eigenvalue weighted by atomic mass is 35.5. The number of carbonyl (C=O) groups is 2. The van der Waals surface area contributed by atoms with Gasteiger partial charge >= 0.3 is 0 Å². The van der Waals surface area contributed by atoms with Gasteiger partial charge in [0.05, 0.1) is 18.2 Å². The summed E-state index contributed by atoms with van der Waals surface area (Å²) in [6.07, 6.45) is 1.41. The van der Waals surface area contributed by atoms with Crippen LogP contribution in [0.1, 0.15) is 30.5 Å². The molecule has 3 aromatic rings. The zero-order chi connectivity index (χ0) is 27.8. The zero-order valence-electron chi connectivity index (χ0n) is 21.4. The van der Waals surface area contributed by atoms with Crippen LogP contribution in [0, 0.1) is 0 Å². The van der Waals surface area contributed by atoms with Crippen LogP contribution in [0.4, 0.5) is 0 Å². The number of hydrogen-bond acceptors (Lipinski definition) is 7. The molecule has 202 valence electrons. The van der Waals surface area contributed by atoms with Gasteiger partial charge in [-0.1, -0.05) is 48.0 Å². The van der Waals surface area contributed by atoms with E-state index >= 15 is 0 Å². The van der Waals surface area contributed by atoms with Gasteiger partial charge in [0, 0.05) is 0 Å². The van der Waals surface area contributed by atoms with Crippen molar-refractivity contribution in [1.82, 2.24) is 10.6 Å². The molecule has 2 amide bonds. The first-order chi connectivity index (χ1) is 18.9. The van der Waals surface area contributed by atoms with Crippen molar-refractivity contribution in [3.63, 3.8) is 0 Å². The summed E-state index contributed by atoms with van der Waals surface area (Å²) in [5, 5.41) is 5.02. The first-order valence-corrected chi connectivity index (χ1v) is 13.1. The molecule has 1 heterocycles. The standard InChI is InChI=1S/C29H27ClN2O6S/c1-3-35-24-14-19(10-11-23(24)37-16-18-8-6-5-7-9-18)17-38-26-22(30)13-20(15-25(26)36-4-2)12-21-27(33)31-29(39)32-28(21)34/h5-15H,3-4,16-17H2,1-2H3,(H2,31,32,33,34,39). The van der Waals surface area contributed by atoms with Crippen LogP contribution in [0.25, 0.3) is 6.08 Å². The first-order valence-electron chi connectivity index (χ1n) is 12.3. The topological polar surface area (TPSA) is 95.1 Å². The molecule has 0 radical (unpaired) electrons. The largest absolute Gasteiger partial charge is 0.490 e. The molecule has 1 aliphatic heterocycles.